The molecule has 2 atom stereocenters. The van der Waals surface area contributed by atoms with E-state index < -0.39 is 0 Å². The summed E-state index contributed by atoms with van der Waals surface area (Å²) < 4.78 is 0.270. The molecule has 0 aromatic heterocycles. The Morgan fingerprint density at radius 3 is 2.42 bits per heavy atom. The molecule has 0 rings (SSSR count). The molecule has 0 saturated heterocycles. The van der Waals surface area contributed by atoms with Gasteiger partial charge in [0.05, 0.1) is 12.1 Å². The molecule has 12 heavy (non-hydrogen) atoms. The van der Waals surface area contributed by atoms with Gasteiger partial charge in [-0.1, -0.05) is 36.4 Å². The first-order valence-electron chi connectivity index (χ1n) is 3.81. The molecule has 0 fully saturated rings. The maximum Gasteiger partial charge on any atom is 0.164 e. The summed E-state index contributed by atoms with van der Waals surface area (Å²) in [5, 5.41) is 12.4. The summed E-state index contributed by atoms with van der Waals surface area (Å²) in [5.41, 5.74) is 5.00. The smallest absolute Gasteiger partial charge is 0.164 e. The van der Waals surface area contributed by atoms with E-state index in [0.29, 0.717) is 0 Å². The van der Waals surface area contributed by atoms with Crippen LogP contribution in [0.25, 0.3) is 0 Å². The summed E-state index contributed by atoms with van der Waals surface area (Å²) in [7, 11) is 0. The van der Waals surface area contributed by atoms with Gasteiger partial charge in [-0.3, -0.25) is 0 Å². The van der Waals surface area contributed by atoms with Gasteiger partial charge < -0.3 is 16.2 Å². The van der Waals surface area contributed by atoms with Crippen LogP contribution in [-0.4, -0.2) is 26.3 Å². The molecule has 0 heterocycles. The summed E-state index contributed by atoms with van der Waals surface area (Å²) in [6.07, 6.45) is 0.797. The third kappa shape index (κ3) is 3.02. The number of nitrogens with one attached hydrogen (secondary N) is 1. The van der Waals surface area contributed by atoms with Crippen molar-refractivity contribution in [2.75, 3.05) is 6.61 Å². The second kappa shape index (κ2) is 5.18. The lowest BCUT2D eigenvalue weighted by molar-refractivity contribution is 0.178. The van der Waals surface area contributed by atoms with Crippen LogP contribution in [-0.2, 0) is 0 Å². The van der Waals surface area contributed by atoms with Crippen molar-refractivity contribution in [1.29, 1.82) is 0 Å². The predicted molar refractivity (Wildman–Crippen MR) is 63.5 cm³/mol. The number of aliphatic hydroxyl groups is 1. The number of rotatable bonds is 4. The number of thiocarbonyl (C=S) groups is 1. The Morgan fingerprint density at radius 2 is 2.33 bits per heavy atom. The average molecular weight is 302 g/mol. The summed E-state index contributed by atoms with van der Waals surface area (Å²) in [6, 6.07) is 0. The first-order chi connectivity index (χ1) is 5.48. The Labute approximate surface area is 92.2 Å². The molecule has 3 nitrogen and oxygen atoms in total. The van der Waals surface area contributed by atoms with Gasteiger partial charge in [-0.2, -0.15) is 0 Å². The quantitative estimate of drug-likeness (QED) is 0.408. The number of hydrogen-bond acceptors (Lipinski definition) is 2. The minimum absolute atomic E-state index is 0.0466. The van der Waals surface area contributed by atoms with Crippen molar-refractivity contribution < 1.29 is 5.11 Å². The Kier molecular flexibility index (Phi) is 5.35. The van der Waals surface area contributed by atoms with E-state index in [1.54, 1.807) is 0 Å². The lowest BCUT2D eigenvalue weighted by Crippen LogP contribution is -2.57. The number of alkyl halides is 1. The Hall–Kier alpha value is 0.380. The van der Waals surface area contributed by atoms with E-state index in [-0.39, 0.29) is 21.2 Å². The molecule has 2 unspecified atom stereocenters. The zero-order valence-electron chi connectivity index (χ0n) is 7.30. The molecule has 0 bridgehead atoms. The maximum atomic E-state index is 9.21. The first kappa shape index (κ1) is 12.4. The van der Waals surface area contributed by atoms with E-state index in [1.165, 1.54) is 0 Å². The Morgan fingerprint density at radius 1 is 1.83 bits per heavy atom. The molecule has 0 spiro atoms. The van der Waals surface area contributed by atoms with Crippen LogP contribution in [0.3, 0.4) is 0 Å². The normalized spacial score (nSPS) is 18.0. The van der Waals surface area contributed by atoms with E-state index >= 15 is 0 Å². The van der Waals surface area contributed by atoms with Crippen LogP contribution in [0.15, 0.2) is 0 Å². The molecule has 0 aromatic rings. The van der Waals surface area contributed by atoms with E-state index in [0.717, 1.165) is 6.42 Å². The van der Waals surface area contributed by atoms with Crippen molar-refractivity contribution in [1.82, 2.24) is 5.32 Å². The number of halogens is 1. The number of hydrogen-bond donors (Lipinski definition) is 3. The lowest BCUT2D eigenvalue weighted by Gasteiger charge is -2.35. The largest absolute Gasteiger partial charge is 0.394 e. The van der Waals surface area contributed by atoms with Crippen molar-refractivity contribution in [2.45, 2.75) is 29.7 Å². The summed E-state index contributed by atoms with van der Waals surface area (Å²) in [6.45, 7) is 4.06. The van der Waals surface area contributed by atoms with Crippen LogP contribution >= 0.6 is 34.8 Å². The molecule has 0 saturated carbocycles. The molecule has 0 aliphatic rings. The summed E-state index contributed by atoms with van der Waals surface area (Å²) >= 11 is 7.00. The molecule has 5 heteroatoms. The van der Waals surface area contributed by atoms with Crippen LogP contribution in [0.2, 0.25) is 0 Å². The number of aliphatic hydroxyl groups excluding tert-OH is 1. The molecule has 0 aliphatic carbocycles. The third-order valence-electron chi connectivity index (χ3n) is 2.05. The minimum Gasteiger partial charge on any atom is -0.394 e. The molecule has 0 amide bonds. The minimum atomic E-state index is -0.369. The third-order valence-corrected chi connectivity index (χ3v) is 3.34. The van der Waals surface area contributed by atoms with E-state index in [9.17, 15) is 5.11 Å². The van der Waals surface area contributed by atoms with E-state index in [4.69, 9.17) is 18.0 Å². The molecular weight excluding hydrogens is 287 g/mol. The molecule has 0 aromatic carbocycles. The zero-order valence-corrected chi connectivity index (χ0v) is 10.3. The van der Waals surface area contributed by atoms with Gasteiger partial charge in [-0.25, -0.2) is 0 Å². The van der Waals surface area contributed by atoms with Crippen molar-refractivity contribution in [2.24, 2.45) is 5.73 Å². The van der Waals surface area contributed by atoms with Crippen LogP contribution in [0, 0.1) is 0 Å². The maximum absolute atomic E-state index is 9.21. The second-order valence-corrected chi connectivity index (χ2v) is 5.08. The molecular formula is C7H15IN2OS. The highest BCUT2D eigenvalue weighted by molar-refractivity contribution is 14.1. The van der Waals surface area contributed by atoms with Gasteiger partial charge in [0.15, 0.2) is 5.11 Å². The topological polar surface area (TPSA) is 58.3 Å². The standard InChI is InChI=1S/C7H15IN2OS/c1-3-7(4-11,5(2)8)10-6(9)12/h5,11H,3-4H2,1-2H3,(H3,9,10,12). The number of nitrogens with two attached hydrogens (primary N) is 1. The van der Waals surface area contributed by atoms with Crippen LogP contribution in [0.1, 0.15) is 20.3 Å². The van der Waals surface area contributed by atoms with Crippen molar-refractivity contribution in [3.8, 4) is 0 Å². The fraction of sp³-hybridized carbons (Fsp3) is 0.857. The van der Waals surface area contributed by atoms with Crippen molar-refractivity contribution >= 4 is 39.9 Å². The van der Waals surface area contributed by atoms with Gasteiger partial charge >= 0.3 is 0 Å². The monoisotopic (exact) mass is 302 g/mol. The van der Waals surface area contributed by atoms with Gasteiger partial charge in [0.25, 0.3) is 0 Å². The van der Waals surface area contributed by atoms with Gasteiger partial charge in [-0.15, -0.1) is 0 Å². The van der Waals surface area contributed by atoms with E-state index in [2.05, 4.69) is 27.9 Å². The SMILES string of the molecule is CCC(CO)(NC(N)=S)C(C)I. The van der Waals surface area contributed by atoms with Crippen molar-refractivity contribution in [3.63, 3.8) is 0 Å². The highest BCUT2D eigenvalue weighted by atomic mass is 127. The average Bonchev–Trinajstić information content (AvgIpc) is 1.99. The fourth-order valence-electron chi connectivity index (χ4n) is 0.992. The van der Waals surface area contributed by atoms with Gasteiger partial charge in [-0.05, 0) is 18.6 Å². The van der Waals surface area contributed by atoms with Crippen LogP contribution in [0.5, 0.6) is 0 Å². The Bertz CT molecular complexity index is 159. The molecule has 0 aliphatic heterocycles. The van der Waals surface area contributed by atoms with E-state index in [1.807, 2.05) is 13.8 Å². The first-order valence-corrected chi connectivity index (χ1v) is 5.46. The van der Waals surface area contributed by atoms with Gasteiger partial charge in [0, 0.05) is 3.92 Å². The zero-order chi connectivity index (χ0) is 9.78. The predicted octanol–water partition coefficient (Wildman–Crippen LogP) is 0.784. The molecule has 4 N–H and O–H groups in total. The van der Waals surface area contributed by atoms with Crippen LogP contribution < -0.4 is 11.1 Å². The van der Waals surface area contributed by atoms with Gasteiger partial charge in [0.2, 0.25) is 0 Å². The molecule has 0 radical (unpaired) electrons. The highest BCUT2D eigenvalue weighted by Crippen LogP contribution is 2.21. The summed E-state index contributed by atoms with van der Waals surface area (Å²) in [4.78, 5) is 0. The Balaban J connectivity index is 4.46. The van der Waals surface area contributed by atoms with Gasteiger partial charge in [0.1, 0.15) is 0 Å². The second-order valence-electron chi connectivity index (χ2n) is 2.77. The summed E-state index contributed by atoms with van der Waals surface area (Å²) in [5.74, 6) is 0. The fourth-order valence-corrected chi connectivity index (χ4v) is 1.99. The highest BCUT2D eigenvalue weighted by Gasteiger charge is 2.32. The van der Waals surface area contributed by atoms with Crippen LogP contribution in [0.4, 0.5) is 0 Å². The van der Waals surface area contributed by atoms with Crippen molar-refractivity contribution in [3.05, 3.63) is 0 Å². The lowest BCUT2D eigenvalue weighted by atomic mass is 9.94. The molecule has 72 valence electrons.